The fourth-order valence-electron chi connectivity index (χ4n) is 3.84. The lowest BCUT2D eigenvalue weighted by molar-refractivity contribution is -0.124. The van der Waals surface area contributed by atoms with Crippen molar-refractivity contribution in [1.82, 2.24) is 14.0 Å². The predicted octanol–water partition coefficient (Wildman–Crippen LogP) is 3.38. The van der Waals surface area contributed by atoms with Crippen LogP contribution in [0.5, 0.6) is 5.75 Å². The topological polar surface area (TPSA) is 104 Å². The van der Waals surface area contributed by atoms with Crippen LogP contribution in [-0.2, 0) is 16.1 Å². The van der Waals surface area contributed by atoms with Gasteiger partial charge in [-0.15, -0.1) is 0 Å². The molecule has 9 nitrogen and oxygen atoms in total. The number of carbonyl (C=O) groups excluding carboxylic acids is 2. The first-order chi connectivity index (χ1) is 17.3. The molecule has 0 aliphatic rings. The van der Waals surface area contributed by atoms with Crippen LogP contribution >= 0.6 is 0 Å². The van der Waals surface area contributed by atoms with E-state index in [-0.39, 0.29) is 34.5 Å². The number of hydrogen-bond acceptors (Lipinski definition) is 6. The molecule has 3 heterocycles. The molecule has 1 amide bonds. The Bertz CT molecular complexity index is 1550. The zero-order valence-corrected chi connectivity index (χ0v) is 20.7. The molecule has 36 heavy (non-hydrogen) atoms. The second-order valence-electron chi connectivity index (χ2n) is 8.71. The maximum atomic E-state index is 13.3. The van der Waals surface area contributed by atoms with Crippen molar-refractivity contribution in [3.63, 3.8) is 0 Å². The summed E-state index contributed by atoms with van der Waals surface area (Å²) in [6.45, 7) is 7.72. The Labute approximate surface area is 207 Å². The highest BCUT2D eigenvalue weighted by molar-refractivity contribution is 5.94. The standard InChI is InChI=1S/C27H28N4O5/c1-5-35-27(34)21-15-20-23(28-22-13-9-10-14-30(22)26(20)33)31(16-17(2)3)24(21)29-25(32)18(4)36-19-11-7-6-8-12-19/h6-15,17-18H,5,16H2,1-4H3/t18-/m0/s1. The smallest absolute Gasteiger partial charge is 0.341 e. The predicted molar refractivity (Wildman–Crippen MR) is 135 cm³/mol. The number of amides is 1. The molecule has 0 radical (unpaired) electrons. The van der Waals surface area contributed by atoms with Crippen molar-refractivity contribution in [2.24, 2.45) is 10.9 Å². The van der Waals surface area contributed by atoms with Gasteiger partial charge in [-0.25, -0.2) is 9.78 Å². The van der Waals surface area contributed by atoms with E-state index in [2.05, 4.69) is 9.98 Å². The number of para-hydroxylation sites is 1. The van der Waals surface area contributed by atoms with Gasteiger partial charge in [0.2, 0.25) is 0 Å². The summed E-state index contributed by atoms with van der Waals surface area (Å²) in [6.07, 6.45) is 0.701. The van der Waals surface area contributed by atoms with E-state index in [4.69, 9.17) is 9.47 Å². The summed E-state index contributed by atoms with van der Waals surface area (Å²) in [4.78, 5) is 48.5. The van der Waals surface area contributed by atoms with E-state index < -0.39 is 18.0 Å². The van der Waals surface area contributed by atoms with Crippen LogP contribution in [0.25, 0.3) is 16.7 Å². The quantitative estimate of drug-likeness (QED) is 0.292. The number of rotatable bonds is 7. The second kappa shape index (κ2) is 10.6. The molecule has 0 aliphatic carbocycles. The van der Waals surface area contributed by atoms with Crippen LogP contribution in [0.1, 0.15) is 38.1 Å². The first-order valence-electron chi connectivity index (χ1n) is 11.8. The summed E-state index contributed by atoms with van der Waals surface area (Å²) in [5.74, 6) is -0.654. The summed E-state index contributed by atoms with van der Waals surface area (Å²) < 4.78 is 14.1. The normalized spacial score (nSPS) is 12.8. The van der Waals surface area contributed by atoms with E-state index >= 15 is 0 Å². The van der Waals surface area contributed by atoms with Crippen LogP contribution in [0.3, 0.4) is 0 Å². The van der Waals surface area contributed by atoms with E-state index in [1.165, 1.54) is 10.5 Å². The first-order valence-corrected chi connectivity index (χ1v) is 11.8. The average Bonchev–Trinajstić information content (AvgIpc) is 2.86. The van der Waals surface area contributed by atoms with Gasteiger partial charge in [0.05, 0.1) is 12.0 Å². The van der Waals surface area contributed by atoms with E-state index in [1.807, 2.05) is 19.9 Å². The van der Waals surface area contributed by atoms with Crippen molar-refractivity contribution in [2.75, 3.05) is 6.61 Å². The molecule has 0 unspecified atom stereocenters. The molecular formula is C27H28N4O5. The minimum Gasteiger partial charge on any atom is -0.481 e. The number of benzene rings is 1. The van der Waals surface area contributed by atoms with Gasteiger partial charge in [0, 0.05) is 12.7 Å². The Morgan fingerprint density at radius 3 is 2.47 bits per heavy atom. The van der Waals surface area contributed by atoms with Crippen LogP contribution in [0.4, 0.5) is 0 Å². The van der Waals surface area contributed by atoms with E-state index in [9.17, 15) is 14.4 Å². The van der Waals surface area contributed by atoms with Crippen molar-refractivity contribution < 1.29 is 19.1 Å². The molecule has 3 aromatic heterocycles. The molecule has 4 aromatic rings. The summed E-state index contributed by atoms with van der Waals surface area (Å²) in [5.41, 5.74) is 0.526. The van der Waals surface area contributed by atoms with Crippen LogP contribution < -0.4 is 15.8 Å². The number of carbonyl (C=O) groups is 2. The third-order valence-electron chi connectivity index (χ3n) is 5.45. The largest absolute Gasteiger partial charge is 0.481 e. The molecule has 4 rings (SSSR count). The Kier molecular flexibility index (Phi) is 7.28. The summed E-state index contributed by atoms with van der Waals surface area (Å²) >= 11 is 0. The number of fused-ring (bicyclic) bond motifs is 2. The number of esters is 1. The van der Waals surface area contributed by atoms with Gasteiger partial charge < -0.3 is 14.0 Å². The van der Waals surface area contributed by atoms with Crippen LogP contribution in [0.15, 0.2) is 70.6 Å². The number of nitrogens with zero attached hydrogens (tertiary/aromatic N) is 4. The van der Waals surface area contributed by atoms with Crippen LogP contribution in [-0.4, -0.2) is 38.5 Å². The van der Waals surface area contributed by atoms with Crippen molar-refractivity contribution in [3.8, 4) is 5.75 Å². The van der Waals surface area contributed by atoms with Crippen molar-refractivity contribution >= 4 is 28.6 Å². The fraction of sp³-hybridized carbons (Fsp3) is 0.296. The van der Waals surface area contributed by atoms with Gasteiger partial charge in [-0.3, -0.25) is 14.0 Å². The molecule has 9 heteroatoms. The third kappa shape index (κ3) is 5.05. The van der Waals surface area contributed by atoms with E-state index in [0.29, 0.717) is 23.6 Å². The lowest BCUT2D eigenvalue weighted by atomic mass is 10.1. The van der Waals surface area contributed by atoms with Gasteiger partial charge in [0.15, 0.2) is 11.6 Å². The Balaban J connectivity index is 1.99. The molecule has 0 spiro atoms. The summed E-state index contributed by atoms with van der Waals surface area (Å²) in [6, 6.07) is 15.6. The van der Waals surface area contributed by atoms with E-state index in [0.717, 1.165) is 0 Å². The second-order valence-corrected chi connectivity index (χ2v) is 8.71. The SMILES string of the molecule is CCOC(=O)c1cc2c(=O)n3ccccc3nc2n(CC(C)C)c1=NC(=O)[C@H](C)Oc1ccccc1. The minimum atomic E-state index is -0.916. The highest BCUT2D eigenvalue weighted by Crippen LogP contribution is 2.14. The summed E-state index contributed by atoms with van der Waals surface area (Å²) in [5, 5.41) is 0.224. The molecule has 186 valence electrons. The molecule has 0 saturated heterocycles. The molecule has 0 bridgehead atoms. The number of ether oxygens (including phenoxy) is 2. The van der Waals surface area contributed by atoms with E-state index in [1.54, 1.807) is 67.1 Å². The maximum absolute atomic E-state index is 13.3. The lowest BCUT2D eigenvalue weighted by Crippen LogP contribution is -2.35. The molecule has 1 atom stereocenters. The zero-order valence-electron chi connectivity index (χ0n) is 20.7. The monoisotopic (exact) mass is 488 g/mol. The zero-order chi connectivity index (χ0) is 25.8. The molecule has 0 aliphatic heterocycles. The number of pyridine rings is 2. The van der Waals surface area contributed by atoms with Crippen LogP contribution in [0, 0.1) is 5.92 Å². The molecule has 1 aromatic carbocycles. The van der Waals surface area contributed by atoms with Gasteiger partial charge in [-0.1, -0.05) is 38.1 Å². The first kappa shape index (κ1) is 24.8. The highest BCUT2D eigenvalue weighted by atomic mass is 16.5. The Morgan fingerprint density at radius 1 is 1.06 bits per heavy atom. The van der Waals surface area contributed by atoms with Gasteiger partial charge >= 0.3 is 5.97 Å². The van der Waals surface area contributed by atoms with Crippen molar-refractivity contribution in [3.05, 3.63) is 82.2 Å². The lowest BCUT2D eigenvalue weighted by Gasteiger charge is -2.17. The van der Waals surface area contributed by atoms with Gasteiger partial charge in [0.1, 0.15) is 22.6 Å². The van der Waals surface area contributed by atoms with Crippen molar-refractivity contribution in [1.29, 1.82) is 0 Å². The fourth-order valence-corrected chi connectivity index (χ4v) is 3.84. The molecule has 0 saturated carbocycles. The Hall–Kier alpha value is -4.27. The molecule has 0 fully saturated rings. The van der Waals surface area contributed by atoms with Crippen LogP contribution in [0.2, 0.25) is 0 Å². The maximum Gasteiger partial charge on any atom is 0.341 e. The number of hydrogen-bond donors (Lipinski definition) is 0. The average molecular weight is 489 g/mol. The summed E-state index contributed by atoms with van der Waals surface area (Å²) in [7, 11) is 0. The third-order valence-corrected chi connectivity index (χ3v) is 5.45. The van der Waals surface area contributed by atoms with Gasteiger partial charge in [0.25, 0.3) is 11.5 Å². The number of aromatic nitrogens is 3. The molecule has 0 N–H and O–H groups in total. The van der Waals surface area contributed by atoms with Gasteiger partial charge in [-0.2, -0.15) is 4.99 Å². The van der Waals surface area contributed by atoms with Gasteiger partial charge in [-0.05, 0) is 50.1 Å². The molecular weight excluding hydrogens is 460 g/mol. The highest BCUT2D eigenvalue weighted by Gasteiger charge is 2.22. The van der Waals surface area contributed by atoms with Crippen molar-refractivity contribution in [2.45, 2.75) is 40.3 Å². The Morgan fingerprint density at radius 2 is 1.78 bits per heavy atom. The minimum absolute atomic E-state index is 0.0139.